The summed E-state index contributed by atoms with van der Waals surface area (Å²) in [5.74, 6) is -0.438. The predicted molar refractivity (Wildman–Crippen MR) is 70.8 cm³/mol. The lowest BCUT2D eigenvalue weighted by Crippen LogP contribution is -2.43. The first-order chi connectivity index (χ1) is 9.20. The van der Waals surface area contributed by atoms with Crippen molar-refractivity contribution in [2.45, 2.75) is 12.8 Å². The monoisotopic (exact) mass is 262 g/mol. The third kappa shape index (κ3) is 3.47. The fourth-order valence-corrected chi connectivity index (χ4v) is 2.20. The SMILES string of the molecule is COC(=O)CNC(=O)N1CCc2ccccc2CC1. The van der Waals surface area contributed by atoms with Gasteiger partial charge in [0.15, 0.2) is 0 Å². The molecule has 0 aromatic heterocycles. The van der Waals surface area contributed by atoms with Crippen LogP contribution < -0.4 is 5.32 Å². The molecule has 1 aromatic rings. The molecule has 0 saturated heterocycles. The lowest BCUT2D eigenvalue weighted by Gasteiger charge is -2.20. The highest BCUT2D eigenvalue weighted by Gasteiger charge is 2.18. The average Bonchev–Trinajstić information content (AvgIpc) is 2.67. The maximum absolute atomic E-state index is 11.9. The van der Waals surface area contributed by atoms with E-state index in [4.69, 9.17) is 0 Å². The number of urea groups is 1. The van der Waals surface area contributed by atoms with E-state index in [9.17, 15) is 9.59 Å². The Morgan fingerprint density at radius 3 is 2.32 bits per heavy atom. The number of esters is 1. The van der Waals surface area contributed by atoms with Gasteiger partial charge in [0.2, 0.25) is 0 Å². The highest BCUT2D eigenvalue weighted by atomic mass is 16.5. The number of methoxy groups -OCH3 is 1. The summed E-state index contributed by atoms with van der Waals surface area (Å²) in [4.78, 5) is 24.7. The molecule has 0 unspecified atom stereocenters. The van der Waals surface area contributed by atoms with Crippen molar-refractivity contribution in [2.75, 3.05) is 26.7 Å². The molecule has 1 aliphatic heterocycles. The lowest BCUT2D eigenvalue weighted by atomic mass is 10.0. The van der Waals surface area contributed by atoms with Crippen LogP contribution in [0, 0.1) is 0 Å². The fraction of sp³-hybridized carbons (Fsp3) is 0.429. The van der Waals surface area contributed by atoms with Crippen molar-refractivity contribution in [3.05, 3.63) is 35.4 Å². The minimum Gasteiger partial charge on any atom is -0.468 e. The summed E-state index contributed by atoms with van der Waals surface area (Å²) in [7, 11) is 1.30. The molecule has 1 N–H and O–H groups in total. The normalized spacial score (nSPS) is 14.3. The van der Waals surface area contributed by atoms with E-state index in [-0.39, 0.29) is 12.6 Å². The van der Waals surface area contributed by atoms with Crippen molar-refractivity contribution in [3.8, 4) is 0 Å². The molecule has 0 bridgehead atoms. The number of nitrogens with zero attached hydrogens (tertiary/aromatic N) is 1. The van der Waals surface area contributed by atoms with E-state index < -0.39 is 5.97 Å². The van der Waals surface area contributed by atoms with Crippen molar-refractivity contribution >= 4 is 12.0 Å². The summed E-state index contributed by atoms with van der Waals surface area (Å²) in [6, 6.07) is 8.03. The first kappa shape index (κ1) is 13.4. The predicted octanol–water partition coefficient (Wildman–Crippen LogP) is 0.970. The molecule has 1 heterocycles. The van der Waals surface area contributed by atoms with Gasteiger partial charge in [0, 0.05) is 13.1 Å². The number of amides is 2. The number of nitrogens with one attached hydrogen (secondary N) is 1. The molecule has 5 nitrogen and oxygen atoms in total. The van der Waals surface area contributed by atoms with E-state index in [1.54, 1.807) is 4.90 Å². The van der Waals surface area contributed by atoms with Crippen molar-refractivity contribution in [3.63, 3.8) is 0 Å². The van der Waals surface area contributed by atoms with Crippen LogP contribution in [0.1, 0.15) is 11.1 Å². The largest absolute Gasteiger partial charge is 0.468 e. The average molecular weight is 262 g/mol. The fourth-order valence-electron chi connectivity index (χ4n) is 2.20. The Bertz CT molecular complexity index is 447. The molecule has 1 aliphatic rings. The Balaban J connectivity index is 1.90. The molecule has 2 amide bonds. The minimum atomic E-state index is -0.438. The van der Waals surface area contributed by atoms with E-state index in [1.807, 2.05) is 12.1 Å². The van der Waals surface area contributed by atoms with Crippen LogP contribution >= 0.6 is 0 Å². The van der Waals surface area contributed by atoms with Gasteiger partial charge < -0.3 is 15.0 Å². The lowest BCUT2D eigenvalue weighted by molar-refractivity contribution is -0.139. The Morgan fingerprint density at radius 1 is 1.21 bits per heavy atom. The van der Waals surface area contributed by atoms with Crippen LogP contribution in [0.3, 0.4) is 0 Å². The van der Waals surface area contributed by atoms with Crippen molar-refractivity contribution in [1.29, 1.82) is 0 Å². The standard InChI is InChI=1S/C14H18N2O3/c1-19-13(17)10-15-14(18)16-8-6-11-4-2-3-5-12(11)7-9-16/h2-5H,6-10H2,1H3,(H,15,18). The topological polar surface area (TPSA) is 58.6 Å². The van der Waals surface area contributed by atoms with Crippen molar-refractivity contribution < 1.29 is 14.3 Å². The number of hydrogen-bond acceptors (Lipinski definition) is 3. The van der Waals surface area contributed by atoms with E-state index in [1.165, 1.54) is 18.2 Å². The first-order valence-corrected chi connectivity index (χ1v) is 6.37. The molecule has 0 radical (unpaired) electrons. The zero-order chi connectivity index (χ0) is 13.7. The van der Waals surface area contributed by atoms with Gasteiger partial charge in [-0.25, -0.2) is 4.79 Å². The highest BCUT2D eigenvalue weighted by Crippen LogP contribution is 2.15. The summed E-state index contributed by atoms with van der Waals surface area (Å²) < 4.78 is 4.49. The molecule has 1 aromatic carbocycles. The number of carbonyl (C=O) groups excluding carboxylic acids is 2. The van der Waals surface area contributed by atoms with Crippen LogP contribution in [-0.4, -0.2) is 43.6 Å². The van der Waals surface area contributed by atoms with Gasteiger partial charge in [0.25, 0.3) is 0 Å². The Labute approximate surface area is 112 Å². The first-order valence-electron chi connectivity index (χ1n) is 6.37. The van der Waals surface area contributed by atoms with Crippen molar-refractivity contribution in [2.24, 2.45) is 0 Å². The molecule has 5 heteroatoms. The molecule has 0 atom stereocenters. The summed E-state index contributed by atoms with van der Waals surface area (Å²) in [5, 5.41) is 2.57. The van der Waals surface area contributed by atoms with Crippen LogP contribution in [0.25, 0.3) is 0 Å². The maximum atomic E-state index is 11.9. The van der Waals surface area contributed by atoms with E-state index in [0.717, 1.165) is 12.8 Å². The molecule has 19 heavy (non-hydrogen) atoms. The summed E-state index contributed by atoms with van der Waals surface area (Å²) in [5.41, 5.74) is 2.59. The van der Waals surface area contributed by atoms with Gasteiger partial charge in [-0.15, -0.1) is 0 Å². The minimum absolute atomic E-state index is 0.0845. The van der Waals surface area contributed by atoms with E-state index in [0.29, 0.717) is 13.1 Å². The zero-order valence-electron chi connectivity index (χ0n) is 11.0. The zero-order valence-corrected chi connectivity index (χ0v) is 11.0. The number of hydrogen-bond donors (Lipinski definition) is 1. The Kier molecular flexibility index (Phi) is 4.39. The van der Waals surface area contributed by atoms with Crippen LogP contribution in [0.5, 0.6) is 0 Å². The third-order valence-electron chi connectivity index (χ3n) is 3.32. The van der Waals surface area contributed by atoms with Gasteiger partial charge in [-0.3, -0.25) is 4.79 Å². The molecule has 0 fully saturated rings. The smallest absolute Gasteiger partial charge is 0.325 e. The Hall–Kier alpha value is -2.04. The number of ether oxygens (including phenoxy) is 1. The highest BCUT2D eigenvalue weighted by molar-refractivity contribution is 5.80. The van der Waals surface area contributed by atoms with Gasteiger partial charge in [-0.2, -0.15) is 0 Å². The molecule has 0 spiro atoms. The number of fused-ring (bicyclic) bond motifs is 1. The second-order valence-electron chi connectivity index (χ2n) is 4.49. The van der Waals surface area contributed by atoms with Crippen LogP contribution in [-0.2, 0) is 22.4 Å². The number of benzene rings is 1. The summed E-state index contributed by atoms with van der Waals surface area (Å²) in [6.07, 6.45) is 1.70. The molecular weight excluding hydrogens is 244 g/mol. The number of carbonyl (C=O) groups is 2. The Morgan fingerprint density at radius 2 is 1.79 bits per heavy atom. The van der Waals surface area contributed by atoms with Gasteiger partial charge in [0.05, 0.1) is 7.11 Å². The number of rotatable bonds is 2. The van der Waals surface area contributed by atoms with Crippen LogP contribution in [0.4, 0.5) is 4.79 Å². The third-order valence-corrected chi connectivity index (χ3v) is 3.32. The van der Waals surface area contributed by atoms with Gasteiger partial charge >= 0.3 is 12.0 Å². The van der Waals surface area contributed by atoms with Crippen LogP contribution in [0.15, 0.2) is 24.3 Å². The molecule has 0 aliphatic carbocycles. The van der Waals surface area contributed by atoms with Gasteiger partial charge in [-0.1, -0.05) is 24.3 Å². The van der Waals surface area contributed by atoms with Gasteiger partial charge in [-0.05, 0) is 24.0 Å². The van der Waals surface area contributed by atoms with Crippen molar-refractivity contribution in [1.82, 2.24) is 10.2 Å². The molecule has 0 saturated carbocycles. The van der Waals surface area contributed by atoms with E-state index >= 15 is 0 Å². The molecule has 102 valence electrons. The quantitative estimate of drug-likeness (QED) is 0.808. The maximum Gasteiger partial charge on any atom is 0.325 e. The summed E-state index contributed by atoms with van der Waals surface area (Å²) in [6.45, 7) is 1.26. The second kappa shape index (κ2) is 6.22. The molecular formula is C14H18N2O3. The van der Waals surface area contributed by atoms with Gasteiger partial charge in [0.1, 0.15) is 6.54 Å². The summed E-state index contributed by atoms with van der Waals surface area (Å²) >= 11 is 0. The van der Waals surface area contributed by atoms with Crippen LogP contribution in [0.2, 0.25) is 0 Å². The second-order valence-corrected chi connectivity index (χ2v) is 4.49. The van der Waals surface area contributed by atoms with E-state index in [2.05, 4.69) is 22.2 Å². The molecule has 2 rings (SSSR count).